The molecule has 2 heterocycles. The van der Waals surface area contributed by atoms with Gasteiger partial charge in [-0.3, -0.25) is 9.80 Å². The minimum atomic E-state index is -0.566. The molecule has 4 heteroatoms. The van der Waals surface area contributed by atoms with Crippen LogP contribution in [0.2, 0.25) is 0 Å². The van der Waals surface area contributed by atoms with Gasteiger partial charge in [0.2, 0.25) is 0 Å². The van der Waals surface area contributed by atoms with Crippen LogP contribution in [0.15, 0.2) is 0 Å². The molecule has 2 N–H and O–H groups in total. The molecule has 18 heavy (non-hydrogen) atoms. The summed E-state index contributed by atoms with van der Waals surface area (Å²) < 4.78 is 0. The first-order chi connectivity index (χ1) is 8.49. The third-order valence-electron chi connectivity index (χ3n) is 4.31. The zero-order valence-electron chi connectivity index (χ0n) is 12.2. The second kappa shape index (κ2) is 5.87. The molecule has 0 radical (unpaired) electrons. The van der Waals surface area contributed by atoms with Crippen molar-refractivity contribution in [2.75, 3.05) is 45.8 Å². The zero-order valence-corrected chi connectivity index (χ0v) is 12.2. The SMILES string of the molecule is CCC1CNCC1N1CCN(CC(C)(C)O)CC1. The monoisotopic (exact) mass is 255 g/mol. The number of nitrogens with zero attached hydrogens (tertiary/aromatic N) is 2. The molecule has 2 aliphatic rings. The van der Waals surface area contributed by atoms with Crippen LogP contribution in [0.25, 0.3) is 0 Å². The minimum Gasteiger partial charge on any atom is -0.389 e. The summed E-state index contributed by atoms with van der Waals surface area (Å²) in [4.78, 5) is 5.04. The Hall–Kier alpha value is -0.160. The van der Waals surface area contributed by atoms with E-state index in [-0.39, 0.29) is 0 Å². The molecule has 2 aliphatic heterocycles. The molecular weight excluding hydrogens is 226 g/mol. The molecule has 0 aromatic carbocycles. The number of hydrogen-bond donors (Lipinski definition) is 2. The van der Waals surface area contributed by atoms with E-state index in [1.807, 2.05) is 13.8 Å². The van der Waals surface area contributed by atoms with Crippen molar-refractivity contribution in [1.29, 1.82) is 0 Å². The average molecular weight is 255 g/mol. The first-order valence-corrected chi connectivity index (χ1v) is 7.39. The highest BCUT2D eigenvalue weighted by atomic mass is 16.3. The molecule has 4 nitrogen and oxygen atoms in total. The van der Waals surface area contributed by atoms with Crippen LogP contribution in [0.3, 0.4) is 0 Å². The lowest BCUT2D eigenvalue weighted by atomic mass is 9.98. The molecule has 0 aromatic heterocycles. The predicted octanol–water partition coefficient (Wildman–Crippen LogP) is 0.373. The fourth-order valence-corrected chi connectivity index (χ4v) is 3.36. The standard InChI is InChI=1S/C14H29N3O/c1-4-12-9-15-10-13(12)17-7-5-16(6-8-17)11-14(2,3)18/h12-13,15,18H,4-11H2,1-3H3. The van der Waals surface area contributed by atoms with E-state index in [9.17, 15) is 5.11 Å². The highest BCUT2D eigenvalue weighted by Gasteiger charge is 2.33. The molecule has 2 saturated heterocycles. The van der Waals surface area contributed by atoms with Crippen LogP contribution in [-0.2, 0) is 0 Å². The predicted molar refractivity (Wildman–Crippen MR) is 74.7 cm³/mol. The van der Waals surface area contributed by atoms with Gasteiger partial charge in [0.1, 0.15) is 0 Å². The third kappa shape index (κ3) is 3.67. The summed E-state index contributed by atoms with van der Waals surface area (Å²) in [6, 6.07) is 0.735. The Morgan fingerprint density at radius 1 is 1.17 bits per heavy atom. The Bertz CT molecular complexity index is 256. The van der Waals surface area contributed by atoms with Gasteiger partial charge in [-0.15, -0.1) is 0 Å². The average Bonchev–Trinajstić information content (AvgIpc) is 2.76. The van der Waals surface area contributed by atoms with Crippen LogP contribution in [0, 0.1) is 5.92 Å². The van der Waals surface area contributed by atoms with E-state index in [2.05, 4.69) is 22.0 Å². The minimum absolute atomic E-state index is 0.566. The van der Waals surface area contributed by atoms with Crippen LogP contribution >= 0.6 is 0 Å². The number of nitrogens with one attached hydrogen (secondary N) is 1. The van der Waals surface area contributed by atoms with Gasteiger partial charge in [0.05, 0.1) is 5.60 Å². The molecule has 0 aromatic rings. The fourth-order valence-electron chi connectivity index (χ4n) is 3.36. The Balaban J connectivity index is 1.79. The lowest BCUT2D eigenvalue weighted by Gasteiger charge is -2.41. The molecule has 0 spiro atoms. The van der Waals surface area contributed by atoms with Gasteiger partial charge < -0.3 is 10.4 Å². The highest BCUT2D eigenvalue weighted by molar-refractivity contribution is 4.90. The maximum absolute atomic E-state index is 9.86. The Morgan fingerprint density at radius 2 is 1.83 bits per heavy atom. The molecule has 2 atom stereocenters. The molecule has 0 aliphatic carbocycles. The summed E-state index contributed by atoms with van der Waals surface area (Å²) in [5.41, 5.74) is -0.566. The van der Waals surface area contributed by atoms with Gasteiger partial charge in [0.15, 0.2) is 0 Å². The van der Waals surface area contributed by atoms with Crippen molar-refractivity contribution in [3.05, 3.63) is 0 Å². The van der Waals surface area contributed by atoms with Crippen molar-refractivity contribution in [2.24, 2.45) is 5.92 Å². The maximum atomic E-state index is 9.86. The van der Waals surface area contributed by atoms with Crippen LogP contribution in [0.4, 0.5) is 0 Å². The largest absolute Gasteiger partial charge is 0.389 e. The molecule has 0 saturated carbocycles. The number of aliphatic hydroxyl groups is 1. The van der Waals surface area contributed by atoms with Gasteiger partial charge in [-0.1, -0.05) is 13.3 Å². The molecule has 0 bridgehead atoms. The molecule has 0 amide bonds. The van der Waals surface area contributed by atoms with E-state index < -0.39 is 5.60 Å². The summed E-state index contributed by atoms with van der Waals surface area (Å²) in [6.45, 7) is 13.7. The number of piperazine rings is 1. The first-order valence-electron chi connectivity index (χ1n) is 7.39. The van der Waals surface area contributed by atoms with E-state index in [0.29, 0.717) is 0 Å². The van der Waals surface area contributed by atoms with Crippen molar-refractivity contribution in [2.45, 2.75) is 38.8 Å². The van der Waals surface area contributed by atoms with Crippen LogP contribution < -0.4 is 5.32 Å². The summed E-state index contributed by atoms with van der Waals surface area (Å²) in [5.74, 6) is 0.825. The van der Waals surface area contributed by atoms with Crippen molar-refractivity contribution in [1.82, 2.24) is 15.1 Å². The quantitative estimate of drug-likeness (QED) is 0.761. The Labute approximate surface area is 111 Å². The molecule has 2 rings (SSSR count). The van der Waals surface area contributed by atoms with Gasteiger partial charge in [-0.25, -0.2) is 0 Å². The second-order valence-corrected chi connectivity index (χ2v) is 6.52. The van der Waals surface area contributed by atoms with E-state index >= 15 is 0 Å². The third-order valence-corrected chi connectivity index (χ3v) is 4.31. The lowest BCUT2D eigenvalue weighted by Crippen LogP contribution is -2.54. The van der Waals surface area contributed by atoms with Gasteiger partial charge >= 0.3 is 0 Å². The topological polar surface area (TPSA) is 38.7 Å². The summed E-state index contributed by atoms with van der Waals surface area (Å²) in [7, 11) is 0. The number of rotatable bonds is 4. The molecular formula is C14H29N3O. The molecule has 106 valence electrons. The number of β-amino-alcohol motifs (C(OH)–C–C–N with tert-alkyl or cyclic N) is 1. The zero-order chi connectivity index (χ0) is 13.2. The van der Waals surface area contributed by atoms with Crippen molar-refractivity contribution in [3.63, 3.8) is 0 Å². The van der Waals surface area contributed by atoms with E-state index in [4.69, 9.17) is 0 Å². The second-order valence-electron chi connectivity index (χ2n) is 6.52. The van der Waals surface area contributed by atoms with Gasteiger partial charge in [-0.05, 0) is 26.3 Å². The molecule has 2 unspecified atom stereocenters. The summed E-state index contributed by atoms with van der Waals surface area (Å²) >= 11 is 0. The smallest absolute Gasteiger partial charge is 0.0718 e. The highest BCUT2D eigenvalue weighted by Crippen LogP contribution is 2.20. The van der Waals surface area contributed by atoms with Gasteiger partial charge in [0, 0.05) is 45.3 Å². The van der Waals surface area contributed by atoms with E-state index in [0.717, 1.165) is 51.2 Å². The van der Waals surface area contributed by atoms with Crippen molar-refractivity contribution in [3.8, 4) is 0 Å². The Kier molecular flexibility index (Phi) is 4.64. The van der Waals surface area contributed by atoms with E-state index in [1.54, 1.807) is 0 Å². The van der Waals surface area contributed by atoms with Crippen molar-refractivity contribution < 1.29 is 5.11 Å². The van der Waals surface area contributed by atoms with Crippen LogP contribution in [-0.4, -0.2) is 72.4 Å². The first kappa shape index (κ1) is 14.3. The normalized spacial score (nSPS) is 32.0. The summed E-state index contributed by atoms with van der Waals surface area (Å²) in [5, 5.41) is 13.4. The lowest BCUT2D eigenvalue weighted by molar-refractivity contribution is 0.00881. The van der Waals surface area contributed by atoms with Crippen LogP contribution in [0.5, 0.6) is 0 Å². The number of hydrogen-bond acceptors (Lipinski definition) is 4. The maximum Gasteiger partial charge on any atom is 0.0718 e. The van der Waals surface area contributed by atoms with E-state index in [1.165, 1.54) is 13.0 Å². The van der Waals surface area contributed by atoms with Gasteiger partial charge in [0.25, 0.3) is 0 Å². The Morgan fingerprint density at radius 3 is 2.39 bits per heavy atom. The van der Waals surface area contributed by atoms with Crippen LogP contribution in [0.1, 0.15) is 27.2 Å². The van der Waals surface area contributed by atoms with Crippen molar-refractivity contribution >= 4 is 0 Å². The molecule has 2 fully saturated rings. The van der Waals surface area contributed by atoms with Gasteiger partial charge in [-0.2, -0.15) is 0 Å². The summed E-state index contributed by atoms with van der Waals surface area (Å²) in [6.07, 6.45) is 1.28. The fraction of sp³-hybridized carbons (Fsp3) is 1.00.